The Labute approximate surface area is 171 Å². The van der Waals surface area contributed by atoms with Gasteiger partial charge in [0, 0.05) is 18.0 Å². The van der Waals surface area contributed by atoms with Crippen molar-refractivity contribution in [2.24, 2.45) is 5.92 Å². The first-order chi connectivity index (χ1) is 13.7. The van der Waals surface area contributed by atoms with Crippen molar-refractivity contribution in [2.45, 2.75) is 76.2 Å². The van der Waals surface area contributed by atoms with Crippen molar-refractivity contribution in [1.29, 1.82) is 0 Å². The second-order valence-electron chi connectivity index (χ2n) is 8.81. The quantitative estimate of drug-likeness (QED) is 0.690. The Balaban J connectivity index is 1.37. The van der Waals surface area contributed by atoms with Crippen molar-refractivity contribution in [1.82, 2.24) is 5.32 Å². The molecule has 0 spiro atoms. The Morgan fingerprint density at radius 1 is 1.17 bits per heavy atom. The van der Waals surface area contributed by atoms with Gasteiger partial charge in [0.25, 0.3) is 0 Å². The molecule has 0 aromatic heterocycles. The molecule has 2 fully saturated rings. The topological polar surface area (TPSA) is 77.0 Å². The maximum absolute atomic E-state index is 13.4. The lowest BCUT2D eigenvalue weighted by Crippen LogP contribution is -2.48. The molecule has 6 nitrogen and oxygen atoms in total. The number of hydrogen-bond acceptors (Lipinski definition) is 5. The molecule has 0 heterocycles. The summed E-state index contributed by atoms with van der Waals surface area (Å²) in [5, 5.41) is 12.9. The van der Waals surface area contributed by atoms with Gasteiger partial charge in [-0.05, 0) is 64.5 Å². The number of nitrogens with one attached hydrogen (secondary N) is 1. The van der Waals surface area contributed by atoms with Gasteiger partial charge in [0.2, 0.25) is 5.91 Å². The zero-order valence-corrected chi connectivity index (χ0v) is 17.4. The first-order valence-electron chi connectivity index (χ1n) is 10.4. The molecular formula is C22H32FNO5. The van der Waals surface area contributed by atoms with Crippen LogP contribution < -0.4 is 14.8 Å². The average Bonchev–Trinajstić information content (AvgIpc) is 2.63. The van der Waals surface area contributed by atoms with Crippen LogP contribution in [0.4, 0.5) is 4.39 Å². The van der Waals surface area contributed by atoms with E-state index in [0.717, 1.165) is 25.7 Å². The molecule has 1 amide bonds. The molecular weight excluding hydrogens is 377 g/mol. The van der Waals surface area contributed by atoms with E-state index in [0.29, 0.717) is 30.9 Å². The molecule has 0 radical (unpaired) electrons. The van der Waals surface area contributed by atoms with Gasteiger partial charge in [-0.25, -0.2) is 4.39 Å². The molecule has 0 aliphatic heterocycles. The van der Waals surface area contributed by atoms with Crippen molar-refractivity contribution >= 4 is 5.91 Å². The molecule has 3 rings (SSSR count). The van der Waals surface area contributed by atoms with E-state index < -0.39 is 5.60 Å². The number of aliphatic hydroxyl groups is 1. The van der Waals surface area contributed by atoms with E-state index in [4.69, 9.17) is 14.2 Å². The molecule has 1 aromatic rings. The maximum atomic E-state index is 13.4. The van der Waals surface area contributed by atoms with E-state index in [9.17, 15) is 14.3 Å². The largest absolute Gasteiger partial charge is 0.493 e. The van der Waals surface area contributed by atoms with Crippen LogP contribution in [0.5, 0.6) is 11.5 Å². The first kappa shape index (κ1) is 21.8. The van der Waals surface area contributed by atoms with Crippen LogP contribution in [0.15, 0.2) is 18.2 Å². The zero-order valence-electron chi connectivity index (χ0n) is 17.4. The van der Waals surface area contributed by atoms with Gasteiger partial charge in [0.05, 0.1) is 25.4 Å². The molecule has 2 aliphatic carbocycles. The Morgan fingerprint density at radius 2 is 1.86 bits per heavy atom. The summed E-state index contributed by atoms with van der Waals surface area (Å²) >= 11 is 0. The molecule has 162 valence electrons. The lowest BCUT2D eigenvalue weighted by atomic mass is 9.81. The minimum atomic E-state index is -0.816. The summed E-state index contributed by atoms with van der Waals surface area (Å²) in [7, 11) is 1.52. The third-order valence-corrected chi connectivity index (χ3v) is 5.58. The van der Waals surface area contributed by atoms with Gasteiger partial charge < -0.3 is 24.6 Å². The molecule has 2 saturated carbocycles. The molecule has 29 heavy (non-hydrogen) atoms. The van der Waals surface area contributed by atoms with Gasteiger partial charge in [-0.3, -0.25) is 4.79 Å². The van der Waals surface area contributed by atoms with Crippen LogP contribution in [0.2, 0.25) is 0 Å². The Bertz CT molecular complexity index is 691. The van der Waals surface area contributed by atoms with E-state index in [1.54, 1.807) is 13.8 Å². The van der Waals surface area contributed by atoms with E-state index in [1.165, 1.54) is 25.3 Å². The van der Waals surface area contributed by atoms with Gasteiger partial charge in [0.15, 0.2) is 11.5 Å². The fourth-order valence-electron chi connectivity index (χ4n) is 3.81. The van der Waals surface area contributed by atoms with Crippen molar-refractivity contribution in [3.63, 3.8) is 0 Å². The van der Waals surface area contributed by atoms with Crippen LogP contribution in [0.3, 0.4) is 0 Å². The molecule has 2 N–H and O–H groups in total. The molecule has 0 unspecified atom stereocenters. The molecule has 7 heteroatoms. The summed E-state index contributed by atoms with van der Waals surface area (Å²) in [5.74, 6) is 0.487. The second kappa shape index (κ2) is 9.30. The monoisotopic (exact) mass is 409 g/mol. The lowest BCUT2D eigenvalue weighted by Gasteiger charge is -2.36. The summed E-state index contributed by atoms with van der Waals surface area (Å²) in [6.07, 6.45) is 4.83. The summed E-state index contributed by atoms with van der Waals surface area (Å²) in [6.45, 7) is 3.80. The van der Waals surface area contributed by atoms with Crippen LogP contribution in [0.25, 0.3) is 0 Å². The first-order valence-corrected chi connectivity index (χ1v) is 10.4. The predicted octanol–water partition coefficient (Wildman–Crippen LogP) is 3.21. The van der Waals surface area contributed by atoms with Crippen molar-refractivity contribution in [3.05, 3.63) is 24.0 Å². The highest BCUT2D eigenvalue weighted by molar-refractivity contribution is 5.80. The number of hydrogen-bond donors (Lipinski definition) is 2. The van der Waals surface area contributed by atoms with Gasteiger partial charge in [-0.15, -0.1) is 0 Å². The van der Waals surface area contributed by atoms with Gasteiger partial charge in [-0.1, -0.05) is 0 Å². The van der Waals surface area contributed by atoms with Crippen molar-refractivity contribution in [2.75, 3.05) is 13.7 Å². The highest BCUT2D eigenvalue weighted by Gasteiger charge is 2.37. The molecule has 2 aliphatic rings. The number of benzene rings is 1. The van der Waals surface area contributed by atoms with Gasteiger partial charge >= 0.3 is 0 Å². The fraction of sp³-hybridized carbons (Fsp3) is 0.682. The van der Waals surface area contributed by atoms with Crippen LogP contribution in [0, 0.1) is 11.7 Å². The van der Waals surface area contributed by atoms with E-state index >= 15 is 0 Å². The highest BCUT2D eigenvalue weighted by atomic mass is 19.1. The third kappa shape index (κ3) is 6.31. The van der Waals surface area contributed by atoms with Crippen molar-refractivity contribution < 1.29 is 28.5 Å². The van der Waals surface area contributed by atoms with E-state index in [-0.39, 0.29) is 35.9 Å². The van der Waals surface area contributed by atoms with E-state index in [2.05, 4.69) is 5.32 Å². The molecule has 1 aromatic carbocycles. The van der Waals surface area contributed by atoms with Gasteiger partial charge in [0.1, 0.15) is 11.9 Å². The third-order valence-electron chi connectivity index (χ3n) is 5.58. The number of carbonyl (C=O) groups excluding carboxylic acids is 1. The summed E-state index contributed by atoms with van der Waals surface area (Å²) in [5.41, 5.74) is -0.816. The summed E-state index contributed by atoms with van der Waals surface area (Å²) < 4.78 is 30.2. The summed E-state index contributed by atoms with van der Waals surface area (Å²) in [4.78, 5) is 12.5. The molecule has 0 saturated heterocycles. The smallest absolute Gasteiger partial charge is 0.223 e. The highest BCUT2D eigenvalue weighted by Crippen LogP contribution is 2.36. The second-order valence-corrected chi connectivity index (χ2v) is 8.81. The molecule has 0 bridgehead atoms. The minimum Gasteiger partial charge on any atom is -0.493 e. The Kier molecular flexibility index (Phi) is 7.01. The van der Waals surface area contributed by atoms with Crippen LogP contribution in [-0.2, 0) is 9.53 Å². The predicted molar refractivity (Wildman–Crippen MR) is 107 cm³/mol. The summed E-state index contributed by atoms with van der Waals surface area (Å²) in [6, 6.07) is 4.35. The SMILES string of the molecule is COc1ccc(F)cc1OC1CC(C(=O)NC2CCC(OCC(C)(C)O)CC2)C1. The zero-order chi connectivity index (χ0) is 21.0. The fourth-order valence-corrected chi connectivity index (χ4v) is 3.81. The minimum absolute atomic E-state index is 0.0660. The normalized spacial score (nSPS) is 27.1. The lowest BCUT2D eigenvalue weighted by molar-refractivity contribution is -0.132. The van der Waals surface area contributed by atoms with Crippen LogP contribution in [-0.4, -0.2) is 48.6 Å². The van der Waals surface area contributed by atoms with Crippen LogP contribution in [0.1, 0.15) is 52.4 Å². The standard InChI is InChI=1S/C22H32FNO5/c1-22(2,26)13-28-17-7-5-16(6-8-17)24-21(25)14-10-18(11-14)29-20-12-15(23)4-9-19(20)27-3/h4,9,12,14,16-18,26H,5-8,10-11,13H2,1-3H3,(H,24,25). The molecule has 0 atom stereocenters. The average molecular weight is 409 g/mol. The van der Waals surface area contributed by atoms with Gasteiger partial charge in [-0.2, -0.15) is 0 Å². The number of methoxy groups -OCH3 is 1. The van der Waals surface area contributed by atoms with Crippen LogP contribution >= 0.6 is 0 Å². The number of amides is 1. The maximum Gasteiger partial charge on any atom is 0.223 e. The Morgan fingerprint density at radius 3 is 2.48 bits per heavy atom. The number of carbonyl (C=O) groups is 1. The van der Waals surface area contributed by atoms with E-state index in [1.807, 2.05) is 0 Å². The number of halogens is 1. The number of rotatable bonds is 8. The number of ether oxygens (including phenoxy) is 3. The van der Waals surface area contributed by atoms with Crippen molar-refractivity contribution in [3.8, 4) is 11.5 Å². The Hall–Kier alpha value is -1.86.